The monoisotopic (exact) mass is 309 g/mol. The number of methoxy groups -OCH3 is 1. The highest BCUT2D eigenvalue weighted by Crippen LogP contribution is 2.38. The quantitative estimate of drug-likeness (QED) is 0.862. The average Bonchev–Trinajstić information content (AvgIpc) is 2.57. The van der Waals surface area contributed by atoms with Crippen LogP contribution in [0.15, 0.2) is 36.4 Å². The van der Waals surface area contributed by atoms with Crippen LogP contribution in [0.5, 0.6) is 5.75 Å². The summed E-state index contributed by atoms with van der Waals surface area (Å²) in [6.07, 6.45) is 2.44. The van der Waals surface area contributed by atoms with Gasteiger partial charge in [-0.05, 0) is 55.0 Å². The fourth-order valence-corrected chi connectivity index (χ4v) is 3.33. The summed E-state index contributed by atoms with van der Waals surface area (Å²) in [6, 6.07) is 12.1. The maximum Gasteiger partial charge on any atom is 0.231 e. The minimum Gasteiger partial charge on any atom is -0.495 e. The molecule has 3 nitrogen and oxygen atoms in total. The van der Waals surface area contributed by atoms with Gasteiger partial charge >= 0.3 is 0 Å². The van der Waals surface area contributed by atoms with Crippen molar-refractivity contribution >= 4 is 11.6 Å². The van der Waals surface area contributed by atoms with E-state index in [1.165, 1.54) is 11.1 Å². The summed E-state index contributed by atoms with van der Waals surface area (Å²) in [5.41, 5.74) is 5.70. The molecule has 0 unspecified atom stereocenters. The molecule has 23 heavy (non-hydrogen) atoms. The summed E-state index contributed by atoms with van der Waals surface area (Å²) in [6.45, 7) is 4.92. The second-order valence-electron chi connectivity index (χ2n) is 6.16. The maximum atomic E-state index is 12.9. The molecule has 0 aliphatic carbocycles. The second kappa shape index (κ2) is 6.45. The summed E-state index contributed by atoms with van der Waals surface area (Å²) < 4.78 is 5.53. The Kier molecular flexibility index (Phi) is 4.37. The van der Waals surface area contributed by atoms with Gasteiger partial charge in [0.25, 0.3) is 0 Å². The Morgan fingerprint density at radius 3 is 2.65 bits per heavy atom. The average molecular weight is 309 g/mol. The normalized spacial score (nSPS) is 13.6. The number of amides is 1. The Hall–Kier alpha value is -2.29. The van der Waals surface area contributed by atoms with Crippen LogP contribution >= 0.6 is 0 Å². The van der Waals surface area contributed by atoms with Gasteiger partial charge in [0, 0.05) is 6.54 Å². The molecule has 2 aromatic rings. The van der Waals surface area contributed by atoms with Crippen molar-refractivity contribution in [2.45, 2.75) is 33.1 Å². The van der Waals surface area contributed by atoms with Crippen LogP contribution in [0.2, 0.25) is 0 Å². The first-order valence-corrected chi connectivity index (χ1v) is 8.13. The molecule has 0 bridgehead atoms. The van der Waals surface area contributed by atoms with Crippen molar-refractivity contribution in [1.29, 1.82) is 0 Å². The molecule has 120 valence electrons. The lowest BCUT2D eigenvalue weighted by Crippen LogP contribution is -2.37. The summed E-state index contributed by atoms with van der Waals surface area (Å²) in [5, 5.41) is 0. The van der Waals surface area contributed by atoms with Gasteiger partial charge < -0.3 is 9.64 Å². The van der Waals surface area contributed by atoms with Gasteiger partial charge in [0.15, 0.2) is 0 Å². The summed E-state index contributed by atoms with van der Waals surface area (Å²) >= 11 is 0. The number of hydrogen-bond acceptors (Lipinski definition) is 2. The summed E-state index contributed by atoms with van der Waals surface area (Å²) in [7, 11) is 1.67. The number of hydrogen-bond donors (Lipinski definition) is 0. The minimum atomic E-state index is 0.143. The minimum absolute atomic E-state index is 0.143. The van der Waals surface area contributed by atoms with Gasteiger partial charge in [-0.3, -0.25) is 4.79 Å². The Labute approximate surface area is 137 Å². The van der Waals surface area contributed by atoms with Gasteiger partial charge in [-0.15, -0.1) is 0 Å². The predicted molar refractivity (Wildman–Crippen MR) is 93.3 cm³/mol. The highest BCUT2D eigenvalue weighted by molar-refractivity contribution is 5.97. The zero-order chi connectivity index (χ0) is 16.4. The van der Waals surface area contributed by atoms with E-state index in [0.717, 1.165) is 42.0 Å². The largest absolute Gasteiger partial charge is 0.495 e. The van der Waals surface area contributed by atoms with E-state index in [2.05, 4.69) is 26.0 Å². The number of carbonyl (C=O) groups is 1. The predicted octanol–water partition coefficient (Wildman–Crippen LogP) is 3.83. The fraction of sp³-hybridized carbons (Fsp3) is 0.350. The van der Waals surface area contributed by atoms with E-state index in [1.807, 2.05) is 29.2 Å². The Balaban J connectivity index is 1.95. The highest BCUT2D eigenvalue weighted by atomic mass is 16.5. The zero-order valence-electron chi connectivity index (χ0n) is 14.1. The van der Waals surface area contributed by atoms with Crippen LogP contribution in [0.25, 0.3) is 0 Å². The van der Waals surface area contributed by atoms with E-state index in [1.54, 1.807) is 7.11 Å². The van der Waals surface area contributed by atoms with E-state index in [4.69, 9.17) is 4.74 Å². The van der Waals surface area contributed by atoms with Crippen molar-refractivity contribution in [3.05, 3.63) is 58.7 Å². The Morgan fingerprint density at radius 2 is 1.91 bits per heavy atom. The molecule has 3 heteroatoms. The van der Waals surface area contributed by atoms with Crippen molar-refractivity contribution in [2.24, 2.45) is 0 Å². The number of nitrogens with zero attached hydrogens (tertiary/aromatic N) is 1. The van der Waals surface area contributed by atoms with Crippen LogP contribution < -0.4 is 9.64 Å². The van der Waals surface area contributed by atoms with Gasteiger partial charge in [-0.1, -0.05) is 30.3 Å². The third kappa shape index (κ3) is 2.96. The number of benzene rings is 2. The highest BCUT2D eigenvalue weighted by Gasteiger charge is 2.27. The molecule has 2 aromatic carbocycles. The SMILES string of the molecule is COc1ccc(C)c2c1N(C(=O)Cc1ccccc1C)CCC2. The molecule has 0 spiro atoms. The lowest BCUT2D eigenvalue weighted by Gasteiger charge is -2.32. The number of anilines is 1. The van der Waals surface area contributed by atoms with E-state index < -0.39 is 0 Å². The van der Waals surface area contributed by atoms with Gasteiger partial charge in [-0.2, -0.15) is 0 Å². The molecule has 0 saturated carbocycles. The number of rotatable bonds is 3. The fourth-order valence-electron chi connectivity index (χ4n) is 3.33. The van der Waals surface area contributed by atoms with Gasteiger partial charge in [-0.25, -0.2) is 0 Å². The van der Waals surface area contributed by atoms with Crippen LogP contribution in [0.3, 0.4) is 0 Å². The number of fused-ring (bicyclic) bond motifs is 1. The first kappa shape index (κ1) is 15.6. The van der Waals surface area contributed by atoms with E-state index >= 15 is 0 Å². The molecule has 3 rings (SSSR count). The molecule has 0 saturated heterocycles. The van der Waals surface area contributed by atoms with Crippen LogP contribution in [0.1, 0.15) is 28.7 Å². The summed E-state index contributed by atoms with van der Waals surface area (Å²) in [5.74, 6) is 0.938. The molecule has 0 fully saturated rings. The van der Waals surface area contributed by atoms with Crippen LogP contribution in [-0.4, -0.2) is 19.6 Å². The zero-order valence-corrected chi connectivity index (χ0v) is 14.1. The second-order valence-corrected chi connectivity index (χ2v) is 6.16. The van der Waals surface area contributed by atoms with E-state index in [9.17, 15) is 4.79 Å². The molecule has 1 aliphatic heterocycles. The molecule has 1 heterocycles. The standard InChI is InChI=1S/C20H23NO2/c1-14-7-4-5-8-16(14)13-19(22)21-12-6-9-17-15(2)10-11-18(23-3)20(17)21/h4-5,7-8,10-11H,6,9,12-13H2,1-3H3. The van der Waals surface area contributed by atoms with Gasteiger partial charge in [0.1, 0.15) is 5.75 Å². The molecule has 1 aliphatic rings. The third-order valence-corrected chi connectivity index (χ3v) is 4.68. The molecule has 0 atom stereocenters. The third-order valence-electron chi connectivity index (χ3n) is 4.68. The maximum absolute atomic E-state index is 12.9. The lowest BCUT2D eigenvalue weighted by atomic mass is 9.95. The van der Waals surface area contributed by atoms with Gasteiger partial charge in [0.05, 0.1) is 19.2 Å². The van der Waals surface area contributed by atoms with Crippen LogP contribution in [0.4, 0.5) is 5.69 Å². The van der Waals surface area contributed by atoms with Crippen molar-refractivity contribution in [3.8, 4) is 5.75 Å². The Bertz CT molecular complexity index is 736. The van der Waals surface area contributed by atoms with Crippen molar-refractivity contribution in [3.63, 3.8) is 0 Å². The molecule has 0 radical (unpaired) electrons. The van der Waals surface area contributed by atoms with Crippen LogP contribution in [0, 0.1) is 13.8 Å². The molecule has 0 aromatic heterocycles. The smallest absolute Gasteiger partial charge is 0.231 e. The lowest BCUT2D eigenvalue weighted by molar-refractivity contribution is -0.118. The van der Waals surface area contributed by atoms with Gasteiger partial charge in [0.2, 0.25) is 5.91 Å². The first-order chi connectivity index (χ1) is 11.1. The molecular formula is C20H23NO2. The molecular weight excluding hydrogens is 286 g/mol. The molecule has 0 N–H and O–H groups in total. The van der Waals surface area contributed by atoms with E-state index in [0.29, 0.717) is 6.42 Å². The van der Waals surface area contributed by atoms with E-state index in [-0.39, 0.29) is 5.91 Å². The topological polar surface area (TPSA) is 29.5 Å². The van der Waals surface area contributed by atoms with Crippen molar-refractivity contribution < 1.29 is 9.53 Å². The Morgan fingerprint density at radius 1 is 1.13 bits per heavy atom. The number of aryl methyl sites for hydroxylation is 2. The molecule has 1 amide bonds. The van der Waals surface area contributed by atoms with Crippen molar-refractivity contribution in [2.75, 3.05) is 18.6 Å². The summed E-state index contributed by atoms with van der Waals surface area (Å²) in [4.78, 5) is 14.8. The first-order valence-electron chi connectivity index (χ1n) is 8.13. The van der Waals surface area contributed by atoms with Crippen LogP contribution in [-0.2, 0) is 17.6 Å². The number of carbonyl (C=O) groups excluding carboxylic acids is 1. The number of ether oxygens (including phenoxy) is 1. The van der Waals surface area contributed by atoms with Crippen molar-refractivity contribution in [1.82, 2.24) is 0 Å².